The van der Waals surface area contributed by atoms with Gasteiger partial charge in [0.1, 0.15) is 5.75 Å². The Morgan fingerprint density at radius 3 is 2.30 bits per heavy atom. The highest BCUT2D eigenvalue weighted by atomic mass is 19.4. The van der Waals surface area contributed by atoms with Crippen LogP contribution in [0.15, 0.2) is 97.7 Å². The van der Waals surface area contributed by atoms with Crippen molar-refractivity contribution in [1.82, 2.24) is 9.88 Å². The number of piperidine rings is 3. The van der Waals surface area contributed by atoms with E-state index in [1.807, 2.05) is 59.5 Å². The third kappa shape index (κ3) is 4.48. The highest BCUT2D eigenvalue weighted by molar-refractivity contribution is 6.02. The number of halogens is 3. The number of aromatic nitrogens is 1. The second-order valence-electron chi connectivity index (χ2n) is 11.8. The SMILES string of the molecule is C=C[C@H]1CN2CC[C@H]1C[C@@H]2[C@](OCc1c2ccccc2cc2ccccc12)(c1ccnc2ccc(OC)cc12)C(F)(F)F. The molecule has 5 aromatic rings. The zero-order chi connectivity index (χ0) is 29.8. The highest BCUT2D eigenvalue weighted by Gasteiger charge is 2.65. The van der Waals surface area contributed by atoms with Gasteiger partial charge in [0.05, 0.1) is 25.3 Å². The monoisotopic (exact) mass is 582 g/mol. The average molecular weight is 583 g/mol. The van der Waals surface area contributed by atoms with Crippen LogP contribution in [0.1, 0.15) is 24.0 Å². The maximum Gasteiger partial charge on any atom is 0.423 e. The van der Waals surface area contributed by atoms with E-state index in [-0.39, 0.29) is 24.0 Å². The summed E-state index contributed by atoms with van der Waals surface area (Å²) in [4.78, 5) is 6.41. The second-order valence-corrected chi connectivity index (χ2v) is 11.8. The van der Waals surface area contributed by atoms with Crippen LogP contribution in [-0.4, -0.2) is 42.3 Å². The zero-order valence-electron chi connectivity index (χ0n) is 24.0. The predicted octanol–water partition coefficient (Wildman–Crippen LogP) is 8.42. The Morgan fingerprint density at radius 1 is 0.953 bits per heavy atom. The standard InChI is InChI=1S/C36H33F3N2O2/c1-3-23-21-41-17-15-24(23)19-34(41)35(36(37,38)39,32-14-16-40-33-13-12-27(42-2)20-30(32)33)43-22-31-28-10-6-4-8-25(28)18-26-9-5-7-11-29(26)31/h3-14,16,18,20,23-24,34H,1,15,17,19,21-22H2,2H3/t23-,24-,34+,35+/m0/s1. The largest absolute Gasteiger partial charge is 0.497 e. The molecule has 3 aliphatic rings. The molecule has 5 atom stereocenters. The molecule has 0 saturated carbocycles. The van der Waals surface area contributed by atoms with Crippen LogP contribution in [0.5, 0.6) is 5.75 Å². The van der Waals surface area contributed by atoms with Crippen molar-refractivity contribution in [3.63, 3.8) is 0 Å². The molecule has 0 N–H and O–H groups in total. The van der Waals surface area contributed by atoms with Gasteiger partial charge >= 0.3 is 6.18 Å². The summed E-state index contributed by atoms with van der Waals surface area (Å²) in [5, 5.41) is 4.08. The van der Waals surface area contributed by atoms with E-state index in [4.69, 9.17) is 9.47 Å². The van der Waals surface area contributed by atoms with Gasteiger partial charge in [0.15, 0.2) is 0 Å². The van der Waals surface area contributed by atoms with Gasteiger partial charge in [0, 0.05) is 23.7 Å². The van der Waals surface area contributed by atoms with E-state index in [1.165, 1.54) is 19.4 Å². The summed E-state index contributed by atoms with van der Waals surface area (Å²) in [5.41, 5.74) is -1.34. The van der Waals surface area contributed by atoms with E-state index >= 15 is 13.2 Å². The lowest BCUT2D eigenvalue weighted by Crippen LogP contribution is -2.66. The van der Waals surface area contributed by atoms with Gasteiger partial charge in [-0.15, -0.1) is 6.58 Å². The van der Waals surface area contributed by atoms with Gasteiger partial charge in [-0.1, -0.05) is 54.6 Å². The Balaban J connectivity index is 1.46. The Bertz CT molecular complexity index is 1780. The zero-order valence-corrected chi connectivity index (χ0v) is 24.0. The fourth-order valence-electron chi connectivity index (χ4n) is 7.56. The van der Waals surface area contributed by atoms with Crippen LogP contribution in [0.25, 0.3) is 32.4 Å². The van der Waals surface area contributed by atoms with E-state index in [0.717, 1.165) is 33.5 Å². The van der Waals surface area contributed by atoms with Crippen molar-refractivity contribution in [2.45, 2.75) is 37.3 Å². The highest BCUT2D eigenvalue weighted by Crippen LogP contribution is 2.54. The van der Waals surface area contributed by atoms with Gasteiger partial charge in [-0.2, -0.15) is 13.2 Å². The molecule has 43 heavy (non-hydrogen) atoms. The summed E-state index contributed by atoms with van der Waals surface area (Å²) >= 11 is 0. The number of fused-ring (bicyclic) bond motifs is 6. The van der Waals surface area contributed by atoms with E-state index in [9.17, 15) is 0 Å². The maximum absolute atomic E-state index is 16.2. The molecule has 0 aliphatic carbocycles. The molecule has 4 aromatic carbocycles. The third-order valence-electron chi connectivity index (χ3n) is 9.67. The van der Waals surface area contributed by atoms with Crippen LogP contribution in [-0.2, 0) is 16.9 Å². The number of ether oxygens (including phenoxy) is 2. The fraction of sp³-hybridized carbons (Fsp3) is 0.306. The van der Waals surface area contributed by atoms with Crippen LogP contribution in [0.2, 0.25) is 0 Å². The molecule has 4 heterocycles. The molecule has 1 aromatic heterocycles. The van der Waals surface area contributed by atoms with Gasteiger partial charge in [0.2, 0.25) is 5.60 Å². The molecule has 4 nitrogen and oxygen atoms in total. The first kappa shape index (κ1) is 27.9. The number of nitrogens with zero attached hydrogens (tertiary/aromatic N) is 2. The van der Waals surface area contributed by atoms with Crippen molar-refractivity contribution in [2.75, 3.05) is 20.2 Å². The Morgan fingerprint density at radius 2 is 1.67 bits per heavy atom. The van der Waals surface area contributed by atoms with E-state index in [2.05, 4.69) is 17.6 Å². The lowest BCUT2D eigenvalue weighted by atomic mass is 9.69. The van der Waals surface area contributed by atoms with Gasteiger partial charge in [-0.3, -0.25) is 9.88 Å². The molecular formula is C36H33F3N2O2. The first-order valence-electron chi connectivity index (χ1n) is 14.7. The van der Waals surface area contributed by atoms with Crippen LogP contribution in [0, 0.1) is 11.8 Å². The normalized spacial score (nSPS) is 23.4. The molecule has 0 radical (unpaired) electrons. The van der Waals surface area contributed by atoms with Crippen molar-refractivity contribution in [2.24, 2.45) is 11.8 Å². The Kier molecular flexibility index (Phi) is 6.90. The first-order valence-corrected chi connectivity index (χ1v) is 14.7. The minimum atomic E-state index is -4.74. The minimum absolute atomic E-state index is 0.0705. The van der Waals surface area contributed by atoms with Crippen molar-refractivity contribution in [3.8, 4) is 5.75 Å². The van der Waals surface area contributed by atoms with Crippen LogP contribution in [0.4, 0.5) is 13.2 Å². The molecule has 3 fully saturated rings. The number of methoxy groups -OCH3 is 1. The molecule has 0 amide bonds. The first-order chi connectivity index (χ1) is 20.8. The summed E-state index contributed by atoms with van der Waals surface area (Å²) in [6.45, 7) is 4.89. The summed E-state index contributed by atoms with van der Waals surface area (Å²) in [6.07, 6.45) is -0.167. The van der Waals surface area contributed by atoms with Crippen molar-refractivity contribution >= 4 is 32.4 Å². The van der Waals surface area contributed by atoms with E-state index in [1.54, 1.807) is 18.2 Å². The summed E-state index contributed by atoms with van der Waals surface area (Å²) < 4.78 is 60.5. The fourth-order valence-corrected chi connectivity index (χ4v) is 7.56. The quantitative estimate of drug-likeness (QED) is 0.143. The number of hydrogen-bond acceptors (Lipinski definition) is 4. The van der Waals surface area contributed by atoms with Gasteiger partial charge < -0.3 is 9.47 Å². The van der Waals surface area contributed by atoms with E-state index < -0.39 is 17.8 Å². The molecule has 2 bridgehead atoms. The predicted molar refractivity (Wildman–Crippen MR) is 164 cm³/mol. The topological polar surface area (TPSA) is 34.6 Å². The molecule has 3 aliphatic heterocycles. The van der Waals surface area contributed by atoms with Crippen molar-refractivity contribution in [3.05, 3.63) is 109 Å². The van der Waals surface area contributed by atoms with Crippen LogP contribution >= 0.6 is 0 Å². The summed E-state index contributed by atoms with van der Waals surface area (Å²) in [6, 6.07) is 23.4. The van der Waals surface area contributed by atoms with Gasteiger partial charge in [-0.25, -0.2) is 0 Å². The van der Waals surface area contributed by atoms with Crippen LogP contribution < -0.4 is 4.74 Å². The lowest BCUT2D eigenvalue weighted by Gasteiger charge is -2.56. The third-order valence-corrected chi connectivity index (χ3v) is 9.67. The number of hydrogen-bond donors (Lipinski definition) is 0. The van der Waals surface area contributed by atoms with Crippen LogP contribution in [0.3, 0.4) is 0 Å². The molecule has 3 saturated heterocycles. The lowest BCUT2D eigenvalue weighted by molar-refractivity contribution is -0.318. The number of rotatable bonds is 7. The number of benzene rings is 4. The second kappa shape index (κ2) is 10.6. The number of alkyl halides is 3. The molecule has 220 valence electrons. The Hall–Kier alpha value is -3.94. The van der Waals surface area contributed by atoms with Crippen molar-refractivity contribution in [1.29, 1.82) is 0 Å². The summed E-state index contributed by atoms with van der Waals surface area (Å²) in [7, 11) is 1.51. The van der Waals surface area contributed by atoms with Crippen molar-refractivity contribution < 1.29 is 22.6 Å². The number of pyridine rings is 1. The summed E-state index contributed by atoms with van der Waals surface area (Å²) in [5.74, 6) is 0.737. The van der Waals surface area contributed by atoms with E-state index in [0.29, 0.717) is 36.2 Å². The van der Waals surface area contributed by atoms with Gasteiger partial charge in [-0.05, 0) is 88.7 Å². The molecule has 7 heteroatoms. The minimum Gasteiger partial charge on any atom is -0.497 e. The molecule has 8 rings (SSSR count). The maximum atomic E-state index is 16.2. The molecule has 0 spiro atoms. The van der Waals surface area contributed by atoms with Gasteiger partial charge in [0.25, 0.3) is 0 Å². The Labute approximate surface area is 248 Å². The smallest absolute Gasteiger partial charge is 0.423 e. The molecular weight excluding hydrogens is 549 g/mol. The average Bonchev–Trinajstić information content (AvgIpc) is 3.03. The molecule has 1 unspecified atom stereocenters.